The van der Waals surface area contributed by atoms with Gasteiger partial charge in [0.1, 0.15) is 10.8 Å². The van der Waals surface area contributed by atoms with E-state index in [4.69, 9.17) is 18.9 Å². The molecule has 1 atom stereocenters. The van der Waals surface area contributed by atoms with Gasteiger partial charge in [-0.3, -0.25) is 0 Å². The number of aromatic nitrogens is 1. The lowest BCUT2D eigenvalue weighted by Crippen LogP contribution is -2.17. The number of rotatable bonds is 7. The summed E-state index contributed by atoms with van der Waals surface area (Å²) in [4.78, 5) is 4.69. The number of nitrogens with zero attached hydrogens (tertiary/aromatic N) is 1. The maximum atomic E-state index is 5.40. The highest BCUT2D eigenvalue weighted by Crippen LogP contribution is 2.33. The van der Waals surface area contributed by atoms with Gasteiger partial charge in [-0.15, -0.1) is 11.3 Å². The van der Waals surface area contributed by atoms with Crippen molar-refractivity contribution in [3.63, 3.8) is 0 Å². The van der Waals surface area contributed by atoms with Gasteiger partial charge in [0.2, 0.25) is 0 Å². The number of ether oxygens (including phenoxy) is 2. The smallest absolute Gasteiger partial charge is 0.161 e. The Bertz CT molecular complexity index is 783. The van der Waals surface area contributed by atoms with Crippen LogP contribution in [-0.4, -0.2) is 19.2 Å². The molecule has 0 amide bonds. The van der Waals surface area contributed by atoms with Crippen molar-refractivity contribution in [1.29, 1.82) is 0 Å². The van der Waals surface area contributed by atoms with Crippen LogP contribution in [0.2, 0.25) is 0 Å². The molecule has 2 aromatic heterocycles. The second-order valence-corrected chi connectivity index (χ2v) is 6.19. The van der Waals surface area contributed by atoms with E-state index in [1.807, 2.05) is 30.3 Å². The fraction of sp³-hybridized carbons (Fsp3) is 0.278. The Hall–Kier alpha value is -2.31. The Kier molecular flexibility index (Phi) is 5.17. The lowest BCUT2D eigenvalue weighted by Gasteiger charge is -2.09. The summed E-state index contributed by atoms with van der Waals surface area (Å²) < 4.78 is 16.0. The summed E-state index contributed by atoms with van der Waals surface area (Å²) in [6.45, 7) is 2.76. The Morgan fingerprint density at radius 2 is 2.04 bits per heavy atom. The van der Waals surface area contributed by atoms with Crippen molar-refractivity contribution in [2.75, 3.05) is 14.2 Å². The molecule has 0 unspecified atom stereocenters. The normalized spacial score (nSPS) is 12.1. The molecule has 1 aromatic carbocycles. The van der Waals surface area contributed by atoms with Gasteiger partial charge in [-0.25, -0.2) is 4.98 Å². The first-order chi connectivity index (χ1) is 11.7. The average molecular weight is 344 g/mol. The van der Waals surface area contributed by atoms with Crippen LogP contribution < -0.4 is 14.8 Å². The van der Waals surface area contributed by atoms with E-state index in [1.54, 1.807) is 31.8 Å². The zero-order chi connectivity index (χ0) is 16.9. The lowest BCUT2D eigenvalue weighted by atomic mass is 10.2. The third-order valence-corrected chi connectivity index (χ3v) is 4.68. The maximum absolute atomic E-state index is 5.40. The lowest BCUT2D eigenvalue weighted by molar-refractivity contribution is 0.355. The molecule has 5 nitrogen and oxygen atoms in total. The van der Waals surface area contributed by atoms with E-state index >= 15 is 0 Å². The molecule has 0 spiro atoms. The highest BCUT2D eigenvalue weighted by atomic mass is 32.1. The van der Waals surface area contributed by atoms with Crippen molar-refractivity contribution in [3.05, 3.63) is 53.4 Å². The van der Waals surface area contributed by atoms with Crippen molar-refractivity contribution in [1.82, 2.24) is 10.3 Å². The van der Waals surface area contributed by atoms with Gasteiger partial charge in [0.15, 0.2) is 11.5 Å². The molecule has 0 saturated carbocycles. The van der Waals surface area contributed by atoms with E-state index in [2.05, 4.69) is 17.6 Å². The van der Waals surface area contributed by atoms with Gasteiger partial charge in [0.05, 0.1) is 32.2 Å². The van der Waals surface area contributed by atoms with Gasteiger partial charge in [-0.1, -0.05) is 0 Å². The highest BCUT2D eigenvalue weighted by Gasteiger charge is 2.11. The summed E-state index contributed by atoms with van der Waals surface area (Å²) in [7, 11) is 3.26. The van der Waals surface area contributed by atoms with E-state index < -0.39 is 0 Å². The van der Waals surface area contributed by atoms with Crippen LogP contribution >= 0.6 is 11.3 Å². The van der Waals surface area contributed by atoms with Crippen LogP contribution in [0, 0.1) is 0 Å². The Morgan fingerprint density at radius 1 is 1.21 bits per heavy atom. The third-order valence-electron chi connectivity index (χ3n) is 3.74. The highest BCUT2D eigenvalue weighted by molar-refractivity contribution is 7.13. The van der Waals surface area contributed by atoms with Crippen LogP contribution in [0.25, 0.3) is 10.6 Å². The fourth-order valence-corrected chi connectivity index (χ4v) is 3.20. The Morgan fingerprint density at radius 3 is 2.75 bits per heavy atom. The van der Waals surface area contributed by atoms with E-state index in [-0.39, 0.29) is 6.04 Å². The van der Waals surface area contributed by atoms with E-state index in [9.17, 15) is 0 Å². The molecule has 126 valence electrons. The van der Waals surface area contributed by atoms with Crippen LogP contribution in [0.4, 0.5) is 0 Å². The van der Waals surface area contributed by atoms with E-state index in [0.717, 1.165) is 22.0 Å². The molecule has 3 rings (SSSR count). The number of thiazole rings is 1. The first-order valence-electron chi connectivity index (χ1n) is 7.65. The van der Waals surface area contributed by atoms with Gasteiger partial charge >= 0.3 is 0 Å². The molecule has 0 aliphatic rings. The number of hydrogen-bond donors (Lipinski definition) is 1. The van der Waals surface area contributed by atoms with Gasteiger partial charge in [0.25, 0.3) is 0 Å². The van der Waals surface area contributed by atoms with E-state index in [0.29, 0.717) is 18.0 Å². The summed E-state index contributed by atoms with van der Waals surface area (Å²) in [5.41, 5.74) is 2.02. The molecule has 6 heteroatoms. The fourth-order valence-electron chi connectivity index (χ4n) is 2.39. The summed E-state index contributed by atoms with van der Waals surface area (Å²) >= 11 is 1.61. The maximum Gasteiger partial charge on any atom is 0.161 e. The van der Waals surface area contributed by atoms with Crippen LogP contribution in [0.3, 0.4) is 0 Å². The minimum Gasteiger partial charge on any atom is -0.493 e. The predicted octanol–water partition coefficient (Wildman–Crippen LogP) is 4.27. The molecule has 2 heterocycles. The zero-order valence-electron chi connectivity index (χ0n) is 13.9. The van der Waals surface area contributed by atoms with Crippen molar-refractivity contribution in [3.8, 4) is 22.1 Å². The van der Waals surface area contributed by atoms with Gasteiger partial charge in [-0.05, 0) is 37.3 Å². The van der Waals surface area contributed by atoms with Crippen LogP contribution in [0.1, 0.15) is 24.4 Å². The molecule has 0 aliphatic heterocycles. The SMILES string of the molecule is COc1ccc(-c2nc(CN[C@@H](C)c3ccco3)cs2)cc1OC. The molecule has 1 N–H and O–H groups in total. The van der Waals surface area contributed by atoms with Crippen LogP contribution in [0.5, 0.6) is 11.5 Å². The van der Waals surface area contributed by atoms with Crippen LogP contribution in [-0.2, 0) is 6.54 Å². The van der Waals surface area contributed by atoms with E-state index in [1.165, 1.54) is 0 Å². The summed E-state index contributed by atoms with van der Waals surface area (Å²) in [6, 6.07) is 9.83. The number of benzene rings is 1. The standard InChI is InChI=1S/C18H20N2O3S/c1-12(15-5-4-8-23-15)19-10-14-11-24-18(20-14)13-6-7-16(21-2)17(9-13)22-3/h4-9,11-12,19H,10H2,1-3H3/t12-/m0/s1. The first-order valence-corrected chi connectivity index (χ1v) is 8.53. The molecule has 24 heavy (non-hydrogen) atoms. The quantitative estimate of drug-likeness (QED) is 0.693. The third kappa shape index (κ3) is 3.60. The van der Waals surface area contributed by atoms with Crippen LogP contribution in [0.15, 0.2) is 46.4 Å². The molecule has 0 saturated heterocycles. The van der Waals surface area contributed by atoms with Crippen molar-refractivity contribution in [2.45, 2.75) is 19.5 Å². The Balaban J connectivity index is 1.69. The molecule has 0 radical (unpaired) electrons. The van der Waals surface area contributed by atoms with Gasteiger partial charge < -0.3 is 19.2 Å². The average Bonchev–Trinajstić information content (AvgIpc) is 3.30. The summed E-state index contributed by atoms with van der Waals surface area (Å²) in [5, 5.41) is 6.43. The van der Waals surface area contributed by atoms with Gasteiger partial charge in [0, 0.05) is 17.5 Å². The largest absolute Gasteiger partial charge is 0.493 e. The predicted molar refractivity (Wildman–Crippen MR) is 94.6 cm³/mol. The number of hydrogen-bond acceptors (Lipinski definition) is 6. The first kappa shape index (κ1) is 16.5. The second kappa shape index (κ2) is 7.51. The van der Waals surface area contributed by atoms with Crippen molar-refractivity contribution >= 4 is 11.3 Å². The molecular formula is C18H20N2O3S. The van der Waals surface area contributed by atoms with Crippen molar-refractivity contribution < 1.29 is 13.9 Å². The molecule has 0 fully saturated rings. The number of methoxy groups -OCH3 is 2. The second-order valence-electron chi connectivity index (χ2n) is 5.33. The summed E-state index contributed by atoms with van der Waals surface area (Å²) in [6.07, 6.45) is 1.69. The Labute approximate surface area is 145 Å². The monoisotopic (exact) mass is 344 g/mol. The van der Waals surface area contributed by atoms with Crippen molar-refractivity contribution in [2.24, 2.45) is 0 Å². The zero-order valence-corrected chi connectivity index (χ0v) is 14.7. The molecular weight excluding hydrogens is 324 g/mol. The minimum absolute atomic E-state index is 0.145. The topological polar surface area (TPSA) is 56.5 Å². The summed E-state index contributed by atoms with van der Waals surface area (Å²) in [5.74, 6) is 2.34. The number of nitrogens with one attached hydrogen (secondary N) is 1. The number of furan rings is 1. The minimum atomic E-state index is 0.145. The molecule has 0 bridgehead atoms. The van der Waals surface area contributed by atoms with Gasteiger partial charge in [-0.2, -0.15) is 0 Å². The molecule has 0 aliphatic carbocycles. The molecule has 3 aromatic rings.